The Labute approximate surface area is 202 Å². The quantitative estimate of drug-likeness (QED) is 0.531. The molecule has 170 valence electrons. The Bertz CT molecular complexity index is 1240. The Morgan fingerprint density at radius 3 is 2.30 bits per heavy atom. The second-order valence-electron chi connectivity index (χ2n) is 7.83. The first-order valence-corrected chi connectivity index (χ1v) is 11.4. The molecule has 6 nitrogen and oxygen atoms in total. The third-order valence-electron chi connectivity index (χ3n) is 5.96. The molecule has 3 amide bonds. The minimum Gasteiger partial charge on any atom is -0.357 e. The maximum Gasteiger partial charge on any atom is 0.259 e. The average Bonchev–Trinajstić information content (AvgIpc) is 3.08. The molecule has 1 N–H and O–H groups in total. The third-order valence-corrected chi connectivity index (χ3v) is 6.67. The van der Waals surface area contributed by atoms with E-state index in [1.54, 1.807) is 24.3 Å². The first kappa shape index (κ1) is 23.1. The van der Waals surface area contributed by atoms with Crippen LogP contribution in [0.2, 0.25) is 10.0 Å². The second kappa shape index (κ2) is 9.41. The lowest BCUT2D eigenvalue weighted by atomic mass is 10.1. The summed E-state index contributed by atoms with van der Waals surface area (Å²) in [5.74, 6) is -0.911. The number of carbonyl (C=O) groups excluding carboxylic acids is 3. The van der Waals surface area contributed by atoms with E-state index in [-0.39, 0.29) is 30.8 Å². The molecule has 4 rings (SSSR count). The van der Waals surface area contributed by atoms with Crippen molar-refractivity contribution in [3.8, 4) is 0 Å². The van der Waals surface area contributed by atoms with Crippen LogP contribution in [-0.2, 0) is 16.1 Å². The first-order valence-electron chi connectivity index (χ1n) is 10.6. The minimum absolute atomic E-state index is 0.0441. The summed E-state index contributed by atoms with van der Waals surface area (Å²) in [4.78, 5) is 42.3. The number of carbonyl (C=O) groups is 3. The lowest BCUT2D eigenvalue weighted by molar-refractivity contribution is -0.140. The van der Waals surface area contributed by atoms with Gasteiger partial charge in [0.05, 0.1) is 5.69 Å². The molecule has 1 heterocycles. The van der Waals surface area contributed by atoms with Crippen LogP contribution >= 0.6 is 23.2 Å². The average molecular weight is 484 g/mol. The number of nitrogens with one attached hydrogen (secondary N) is 1. The highest BCUT2D eigenvalue weighted by Crippen LogP contribution is 2.37. The minimum atomic E-state index is -0.745. The first-order chi connectivity index (χ1) is 15.9. The molecule has 1 unspecified atom stereocenters. The molecule has 33 heavy (non-hydrogen) atoms. The summed E-state index contributed by atoms with van der Waals surface area (Å²) in [5, 5.41) is 5.19. The zero-order valence-corrected chi connectivity index (χ0v) is 19.8. The molecule has 0 saturated carbocycles. The van der Waals surface area contributed by atoms with Crippen molar-refractivity contribution in [3.05, 3.63) is 75.8 Å². The lowest BCUT2D eigenvalue weighted by Gasteiger charge is -2.32. The van der Waals surface area contributed by atoms with E-state index in [0.29, 0.717) is 33.3 Å². The molecular weight excluding hydrogens is 461 g/mol. The molecule has 8 heteroatoms. The molecule has 1 aliphatic heterocycles. The number of amides is 3. The number of rotatable bonds is 7. The normalized spacial score (nSPS) is 13.3. The van der Waals surface area contributed by atoms with E-state index in [1.807, 2.05) is 37.3 Å². The number of halogens is 2. The molecule has 0 radical (unpaired) electrons. The Morgan fingerprint density at radius 2 is 1.67 bits per heavy atom. The van der Waals surface area contributed by atoms with Gasteiger partial charge in [-0.25, -0.2) is 0 Å². The van der Waals surface area contributed by atoms with Crippen molar-refractivity contribution in [1.82, 2.24) is 10.2 Å². The van der Waals surface area contributed by atoms with Gasteiger partial charge in [-0.1, -0.05) is 60.5 Å². The zero-order valence-electron chi connectivity index (χ0n) is 18.3. The van der Waals surface area contributed by atoms with Crippen LogP contribution in [0.15, 0.2) is 54.6 Å². The van der Waals surface area contributed by atoms with Crippen LogP contribution in [0.1, 0.15) is 29.3 Å². The van der Waals surface area contributed by atoms with E-state index in [4.69, 9.17) is 23.2 Å². The van der Waals surface area contributed by atoms with Crippen molar-refractivity contribution < 1.29 is 14.4 Å². The van der Waals surface area contributed by atoms with Gasteiger partial charge in [0, 0.05) is 40.2 Å². The second-order valence-corrected chi connectivity index (χ2v) is 8.65. The fourth-order valence-corrected chi connectivity index (χ4v) is 4.82. The molecule has 3 aromatic carbocycles. The number of benzene rings is 3. The molecule has 0 saturated heterocycles. The van der Waals surface area contributed by atoms with E-state index in [0.717, 1.165) is 10.8 Å². The SMILES string of the molecule is CCC(C(=O)NC)N(Cc1c(Cl)cccc1Cl)C(=O)CN1C(=O)c2cccc3cccc1c23. The Balaban J connectivity index is 1.69. The van der Waals surface area contributed by atoms with Crippen LogP contribution in [0.25, 0.3) is 10.8 Å². The summed E-state index contributed by atoms with van der Waals surface area (Å²) >= 11 is 12.7. The van der Waals surface area contributed by atoms with Gasteiger partial charge in [-0.05, 0) is 36.1 Å². The van der Waals surface area contributed by atoms with E-state index >= 15 is 0 Å². The summed E-state index contributed by atoms with van der Waals surface area (Å²) < 4.78 is 0. The standard InChI is InChI=1S/C25H23Cl2N3O3/c1-3-20(24(32)28-2)29(13-17-18(26)10-6-11-19(17)27)22(31)14-30-21-12-5-8-15-7-4-9-16(23(15)21)25(30)33/h4-12,20H,3,13-14H2,1-2H3,(H,28,32). The molecule has 0 fully saturated rings. The van der Waals surface area contributed by atoms with Crippen molar-refractivity contribution in [2.45, 2.75) is 25.9 Å². The van der Waals surface area contributed by atoms with Gasteiger partial charge in [0.25, 0.3) is 5.91 Å². The molecule has 1 aliphatic rings. The Hall–Kier alpha value is -3.09. The topological polar surface area (TPSA) is 69.7 Å². The maximum atomic E-state index is 13.6. The summed E-state index contributed by atoms with van der Waals surface area (Å²) in [5.41, 5.74) is 1.80. The summed E-state index contributed by atoms with van der Waals surface area (Å²) in [7, 11) is 1.53. The van der Waals surface area contributed by atoms with Gasteiger partial charge in [-0.15, -0.1) is 0 Å². The van der Waals surface area contributed by atoms with Crippen molar-refractivity contribution in [3.63, 3.8) is 0 Å². The molecule has 3 aromatic rings. The highest BCUT2D eigenvalue weighted by atomic mass is 35.5. The number of anilines is 1. The predicted molar refractivity (Wildman–Crippen MR) is 131 cm³/mol. The van der Waals surface area contributed by atoms with Crippen LogP contribution in [0.5, 0.6) is 0 Å². The summed E-state index contributed by atoms with van der Waals surface area (Å²) in [6.45, 7) is 1.66. The largest absolute Gasteiger partial charge is 0.357 e. The van der Waals surface area contributed by atoms with Crippen LogP contribution < -0.4 is 10.2 Å². The van der Waals surface area contributed by atoms with Gasteiger partial charge in [0.15, 0.2) is 0 Å². The zero-order chi connectivity index (χ0) is 23.7. The highest BCUT2D eigenvalue weighted by Gasteiger charge is 2.35. The van der Waals surface area contributed by atoms with E-state index < -0.39 is 6.04 Å². The molecule has 0 aromatic heterocycles. The Morgan fingerprint density at radius 1 is 1.03 bits per heavy atom. The molecule has 0 aliphatic carbocycles. The maximum absolute atomic E-state index is 13.6. The smallest absolute Gasteiger partial charge is 0.259 e. The number of hydrogen-bond donors (Lipinski definition) is 1. The van der Waals surface area contributed by atoms with E-state index in [2.05, 4.69) is 5.32 Å². The Kier molecular flexibility index (Phi) is 6.58. The predicted octanol–water partition coefficient (Wildman–Crippen LogP) is 4.66. The van der Waals surface area contributed by atoms with Crippen molar-refractivity contribution in [1.29, 1.82) is 0 Å². The third kappa shape index (κ3) is 4.16. The van der Waals surface area contributed by atoms with Gasteiger partial charge >= 0.3 is 0 Å². The molecule has 1 atom stereocenters. The van der Waals surface area contributed by atoms with Gasteiger partial charge < -0.3 is 10.2 Å². The van der Waals surface area contributed by atoms with Gasteiger partial charge in [0.2, 0.25) is 11.8 Å². The van der Waals surface area contributed by atoms with Crippen LogP contribution in [0.4, 0.5) is 5.69 Å². The van der Waals surface area contributed by atoms with E-state index in [9.17, 15) is 14.4 Å². The molecule has 0 spiro atoms. The van der Waals surface area contributed by atoms with Gasteiger partial charge in [-0.2, -0.15) is 0 Å². The molecular formula is C25H23Cl2N3O3. The van der Waals surface area contributed by atoms with Crippen LogP contribution in [0.3, 0.4) is 0 Å². The van der Waals surface area contributed by atoms with Crippen molar-refractivity contribution in [2.75, 3.05) is 18.5 Å². The fourth-order valence-electron chi connectivity index (χ4n) is 4.30. The monoisotopic (exact) mass is 483 g/mol. The van der Waals surface area contributed by atoms with Crippen LogP contribution in [0, 0.1) is 0 Å². The van der Waals surface area contributed by atoms with Crippen molar-refractivity contribution >= 4 is 57.4 Å². The summed E-state index contributed by atoms with van der Waals surface area (Å²) in [6.07, 6.45) is 0.386. The number of hydrogen-bond acceptors (Lipinski definition) is 3. The van der Waals surface area contributed by atoms with Crippen molar-refractivity contribution in [2.24, 2.45) is 0 Å². The van der Waals surface area contributed by atoms with E-state index in [1.165, 1.54) is 16.8 Å². The van der Waals surface area contributed by atoms with Crippen LogP contribution in [-0.4, -0.2) is 42.3 Å². The summed E-state index contributed by atoms with van der Waals surface area (Å²) in [6, 6.07) is 15.5. The lowest BCUT2D eigenvalue weighted by Crippen LogP contribution is -2.51. The molecule has 0 bridgehead atoms. The number of nitrogens with zero attached hydrogens (tertiary/aromatic N) is 2. The number of likely N-dealkylation sites (N-methyl/N-ethyl adjacent to an activating group) is 1. The van der Waals surface area contributed by atoms with Gasteiger partial charge in [-0.3, -0.25) is 19.3 Å². The highest BCUT2D eigenvalue weighted by molar-refractivity contribution is 6.36. The fraction of sp³-hybridized carbons (Fsp3) is 0.240. The van der Waals surface area contributed by atoms with Gasteiger partial charge in [0.1, 0.15) is 12.6 Å².